The number of carbonyl (C=O) groups is 2. The molecule has 0 saturated heterocycles. The van der Waals surface area contributed by atoms with E-state index in [9.17, 15) is 9.59 Å². The van der Waals surface area contributed by atoms with E-state index in [0.29, 0.717) is 59.3 Å². The number of hydrogen-bond acceptors (Lipinski definition) is 8. The zero-order chi connectivity index (χ0) is 44.6. The Balaban J connectivity index is 4.19. The summed E-state index contributed by atoms with van der Waals surface area (Å²) in [6.07, 6.45) is 44.1. The second kappa shape index (κ2) is 47.3. The van der Waals surface area contributed by atoms with Gasteiger partial charge in [0.15, 0.2) is 0 Å². The first-order chi connectivity index (χ1) is 29.8. The van der Waals surface area contributed by atoms with Gasteiger partial charge in [-0.1, -0.05) is 154 Å². The van der Waals surface area contributed by atoms with Crippen molar-refractivity contribution in [1.82, 2.24) is 10.6 Å². The van der Waals surface area contributed by atoms with Gasteiger partial charge in [0, 0.05) is 26.3 Å². The molecule has 2 amide bonds. The number of nitrogens with one attached hydrogen (secondary N) is 2. The van der Waals surface area contributed by atoms with Crippen molar-refractivity contribution in [1.29, 1.82) is 0 Å². The Hall–Kier alpha value is -2.14. The molecule has 0 aliphatic heterocycles. The minimum absolute atomic E-state index is 0.150. The van der Waals surface area contributed by atoms with Gasteiger partial charge in [0.25, 0.3) is 0 Å². The van der Waals surface area contributed by atoms with Crippen LogP contribution in [-0.2, 0) is 28.4 Å². The first kappa shape index (κ1) is 58.9. The molecular formula is C51H98N2O8. The van der Waals surface area contributed by atoms with Crippen LogP contribution in [0.15, 0.2) is 24.3 Å². The van der Waals surface area contributed by atoms with Crippen LogP contribution in [0.1, 0.15) is 214 Å². The predicted octanol–water partition coefficient (Wildman–Crippen LogP) is 13.7. The number of allylic oxidation sites excluding steroid dienone is 4. The first-order valence-corrected chi connectivity index (χ1v) is 25.3. The van der Waals surface area contributed by atoms with Crippen LogP contribution in [0, 0.1) is 0 Å². The fourth-order valence-corrected chi connectivity index (χ4v) is 6.72. The van der Waals surface area contributed by atoms with E-state index in [1.165, 1.54) is 161 Å². The van der Waals surface area contributed by atoms with Crippen LogP contribution in [0.5, 0.6) is 0 Å². The lowest BCUT2D eigenvalue weighted by molar-refractivity contribution is -0.0469. The van der Waals surface area contributed by atoms with E-state index < -0.39 is 17.8 Å². The number of hydrogen-bond donors (Lipinski definition) is 2. The summed E-state index contributed by atoms with van der Waals surface area (Å²) >= 11 is 0. The molecule has 0 aromatic carbocycles. The van der Waals surface area contributed by atoms with E-state index in [0.717, 1.165) is 19.3 Å². The molecule has 0 spiro atoms. The molecular weight excluding hydrogens is 769 g/mol. The van der Waals surface area contributed by atoms with Crippen LogP contribution in [0.25, 0.3) is 0 Å². The van der Waals surface area contributed by atoms with E-state index in [2.05, 4.69) is 48.8 Å². The Bertz CT molecular complexity index is 986. The predicted molar refractivity (Wildman–Crippen MR) is 255 cm³/mol. The molecule has 0 aliphatic rings. The average molecular weight is 867 g/mol. The van der Waals surface area contributed by atoms with E-state index in [4.69, 9.17) is 28.4 Å². The second-order valence-electron chi connectivity index (χ2n) is 17.6. The molecule has 10 nitrogen and oxygen atoms in total. The number of carbonyl (C=O) groups excluding carboxylic acids is 2. The van der Waals surface area contributed by atoms with Crippen LogP contribution in [0.4, 0.5) is 9.59 Å². The number of rotatable bonds is 46. The zero-order valence-electron chi connectivity index (χ0n) is 40.5. The summed E-state index contributed by atoms with van der Waals surface area (Å²) in [5.74, 6) is 0. The van der Waals surface area contributed by atoms with Crippen molar-refractivity contribution in [2.75, 3.05) is 65.9 Å². The molecule has 0 saturated carbocycles. The van der Waals surface area contributed by atoms with Crippen LogP contribution in [0.2, 0.25) is 0 Å². The maximum atomic E-state index is 12.4. The van der Waals surface area contributed by atoms with Crippen LogP contribution < -0.4 is 10.6 Å². The Morgan fingerprint density at radius 1 is 0.443 bits per heavy atom. The van der Waals surface area contributed by atoms with Crippen LogP contribution in [0.3, 0.4) is 0 Å². The second-order valence-corrected chi connectivity index (χ2v) is 17.6. The standard InChI is InChI=1S/C51H98N2O8/c1-6-8-10-12-14-16-18-20-22-24-26-28-30-32-34-36-40-58-46-48(59-41-37-35-33-31-29-27-25-23-21-19-17-15-13-11-9-7-2)47-60-49(54)52-38-42-56-44-45-57-43-39-53-50(55)61-51(3,4)5/h20-23,48H,6-19,24-47H2,1-5H3,(H,52,54)(H,53,55)/b22-20-,23-21-. The summed E-state index contributed by atoms with van der Waals surface area (Å²) in [5, 5.41) is 5.39. The summed E-state index contributed by atoms with van der Waals surface area (Å²) in [5.41, 5.74) is -0.531. The fourth-order valence-electron chi connectivity index (χ4n) is 6.72. The quantitative estimate of drug-likeness (QED) is 0.0459. The summed E-state index contributed by atoms with van der Waals surface area (Å²) < 4.78 is 33.9. The van der Waals surface area contributed by atoms with Crippen molar-refractivity contribution in [3.63, 3.8) is 0 Å². The van der Waals surface area contributed by atoms with Crippen molar-refractivity contribution in [3.8, 4) is 0 Å². The van der Waals surface area contributed by atoms with Gasteiger partial charge in [0.2, 0.25) is 0 Å². The monoisotopic (exact) mass is 867 g/mol. The molecule has 1 atom stereocenters. The van der Waals surface area contributed by atoms with Crippen molar-refractivity contribution in [3.05, 3.63) is 24.3 Å². The molecule has 2 N–H and O–H groups in total. The fraction of sp³-hybridized carbons (Fsp3) is 0.882. The first-order valence-electron chi connectivity index (χ1n) is 25.3. The van der Waals surface area contributed by atoms with Crippen molar-refractivity contribution in [2.24, 2.45) is 0 Å². The lowest BCUT2D eigenvalue weighted by Crippen LogP contribution is -2.34. The van der Waals surface area contributed by atoms with Gasteiger partial charge < -0.3 is 39.1 Å². The largest absolute Gasteiger partial charge is 0.447 e. The highest BCUT2D eigenvalue weighted by molar-refractivity contribution is 5.67. The van der Waals surface area contributed by atoms with E-state index in [1.54, 1.807) is 0 Å². The highest BCUT2D eigenvalue weighted by atomic mass is 16.6. The molecule has 0 aromatic heterocycles. The smallest absolute Gasteiger partial charge is 0.407 e. The number of unbranched alkanes of at least 4 members (excludes halogenated alkanes) is 24. The Labute approximate surface area is 376 Å². The average Bonchev–Trinajstić information content (AvgIpc) is 3.23. The maximum absolute atomic E-state index is 12.4. The SMILES string of the molecule is CCCCCCCC/C=C\CCCCCCCCOCC(COC(=O)NCCOCCOCCNC(=O)OC(C)(C)C)OCCCCCCCC/C=C\CCCCCCCC. The molecule has 61 heavy (non-hydrogen) atoms. The minimum atomic E-state index is -0.531. The lowest BCUT2D eigenvalue weighted by atomic mass is 10.1. The molecule has 1 unspecified atom stereocenters. The molecule has 0 radical (unpaired) electrons. The number of ether oxygens (including phenoxy) is 6. The normalized spacial score (nSPS) is 12.4. The van der Waals surface area contributed by atoms with Gasteiger partial charge in [-0.15, -0.1) is 0 Å². The van der Waals surface area contributed by atoms with Gasteiger partial charge in [0.1, 0.15) is 18.3 Å². The molecule has 0 aliphatic carbocycles. The molecule has 10 heteroatoms. The lowest BCUT2D eigenvalue weighted by Gasteiger charge is -2.19. The molecule has 0 rings (SSSR count). The Morgan fingerprint density at radius 3 is 1.28 bits per heavy atom. The van der Waals surface area contributed by atoms with Crippen molar-refractivity contribution in [2.45, 2.75) is 226 Å². The van der Waals surface area contributed by atoms with Gasteiger partial charge in [-0.3, -0.25) is 0 Å². The minimum Gasteiger partial charge on any atom is -0.447 e. The van der Waals surface area contributed by atoms with E-state index >= 15 is 0 Å². The maximum Gasteiger partial charge on any atom is 0.407 e. The third-order valence-corrected chi connectivity index (χ3v) is 10.3. The van der Waals surface area contributed by atoms with E-state index in [-0.39, 0.29) is 12.7 Å². The molecule has 0 fully saturated rings. The number of alkyl carbamates (subject to hydrolysis) is 2. The highest BCUT2D eigenvalue weighted by Gasteiger charge is 2.16. The Morgan fingerprint density at radius 2 is 0.836 bits per heavy atom. The summed E-state index contributed by atoms with van der Waals surface area (Å²) in [4.78, 5) is 24.1. The summed E-state index contributed by atoms with van der Waals surface area (Å²) in [7, 11) is 0. The zero-order valence-corrected chi connectivity index (χ0v) is 40.5. The van der Waals surface area contributed by atoms with Crippen molar-refractivity contribution >= 4 is 12.2 Å². The van der Waals surface area contributed by atoms with Gasteiger partial charge in [-0.2, -0.15) is 0 Å². The van der Waals surface area contributed by atoms with E-state index in [1.807, 2.05) is 20.8 Å². The van der Waals surface area contributed by atoms with Gasteiger partial charge in [-0.05, 0) is 85.0 Å². The third-order valence-electron chi connectivity index (χ3n) is 10.3. The molecule has 360 valence electrons. The van der Waals surface area contributed by atoms with Crippen molar-refractivity contribution < 1.29 is 38.0 Å². The van der Waals surface area contributed by atoms with Crippen LogP contribution in [-0.4, -0.2) is 89.8 Å². The number of amides is 2. The summed E-state index contributed by atoms with van der Waals surface area (Å²) in [6, 6.07) is 0. The van der Waals surface area contributed by atoms with Gasteiger partial charge in [0.05, 0.1) is 33.0 Å². The topological polar surface area (TPSA) is 114 Å². The summed E-state index contributed by atoms with van der Waals surface area (Å²) in [6.45, 7) is 14.0. The van der Waals surface area contributed by atoms with Gasteiger partial charge >= 0.3 is 12.2 Å². The molecule has 0 bridgehead atoms. The Kier molecular flexibility index (Phi) is 45.7. The highest BCUT2D eigenvalue weighted by Crippen LogP contribution is 2.13. The third kappa shape index (κ3) is 50.4. The molecule has 0 aromatic rings. The van der Waals surface area contributed by atoms with Gasteiger partial charge in [-0.25, -0.2) is 9.59 Å². The van der Waals surface area contributed by atoms with Crippen LogP contribution >= 0.6 is 0 Å². The molecule has 0 heterocycles.